The minimum absolute atomic E-state index is 0.0274. The third-order valence-electron chi connectivity index (χ3n) is 4.39. The molecule has 0 spiro atoms. The molecule has 1 amide bonds. The van der Waals surface area contributed by atoms with Crippen LogP contribution in [-0.2, 0) is 0 Å². The Balaban J connectivity index is 1.69. The van der Waals surface area contributed by atoms with Gasteiger partial charge in [-0.2, -0.15) is 11.3 Å². The maximum Gasteiger partial charge on any atom is 0.255 e. The van der Waals surface area contributed by atoms with Gasteiger partial charge < -0.3 is 15.1 Å². The van der Waals surface area contributed by atoms with E-state index in [1.165, 1.54) is 0 Å². The van der Waals surface area contributed by atoms with Gasteiger partial charge in [-0.15, -0.1) is 0 Å². The molecule has 6 nitrogen and oxygen atoms in total. The van der Waals surface area contributed by atoms with E-state index in [0.29, 0.717) is 17.2 Å². The zero-order valence-electron chi connectivity index (χ0n) is 14.3. The number of carbonyl (C=O) groups is 1. The number of rotatable bonds is 4. The van der Waals surface area contributed by atoms with Crippen molar-refractivity contribution >= 4 is 23.2 Å². The second-order valence-corrected chi connectivity index (χ2v) is 6.99. The predicted molar refractivity (Wildman–Crippen MR) is 96.7 cm³/mol. The van der Waals surface area contributed by atoms with Crippen LogP contribution in [0.2, 0.25) is 0 Å². The van der Waals surface area contributed by atoms with Crippen LogP contribution in [0.15, 0.2) is 23.0 Å². The molecule has 2 aromatic heterocycles. The summed E-state index contributed by atoms with van der Waals surface area (Å²) in [6, 6.07) is 2.00. The van der Waals surface area contributed by atoms with Gasteiger partial charge in [-0.25, -0.2) is 9.97 Å². The molecule has 3 heterocycles. The third kappa shape index (κ3) is 3.73. The Hall–Kier alpha value is -1.99. The number of piperazine rings is 1. The number of amides is 1. The fourth-order valence-electron chi connectivity index (χ4n) is 2.72. The fourth-order valence-corrected chi connectivity index (χ4v) is 3.47. The van der Waals surface area contributed by atoms with E-state index >= 15 is 0 Å². The van der Waals surface area contributed by atoms with Crippen molar-refractivity contribution in [2.75, 3.05) is 38.1 Å². The number of carbonyl (C=O) groups excluding carboxylic acids is 1. The molecule has 0 saturated carbocycles. The molecular weight excluding hydrogens is 322 g/mol. The van der Waals surface area contributed by atoms with Gasteiger partial charge in [0.2, 0.25) is 5.95 Å². The van der Waals surface area contributed by atoms with Gasteiger partial charge in [-0.3, -0.25) is 4.79 Å². The number of nitrogens with zero attached hydrogens (tertiary/aromatic N) is 4. The molecule has 1 N–H and O–H groups in total. The van der Waals surface area contributed by atoms with E-state index in [0.717, 1.165) is 31.7 Å². The molecule has 24 heavy (non-hydrogen) atoms. The number of hydrogen-bond acceptors (Lipinski definition) is 6. The molecule has 1 aliphatic heterocycles. The molecule has 0 aliphatic carbocycles. The van der Waals surface area contributed by atoms with Crippen molar-refractivity contribution in [2.24, 2.45) is 0 Å². The lowest BCUT2D eigenvalue weighted by Gasteiger charge is -2.32. The Morgan fingerprint density at radius 2 is 2.08 bits per heavy atom. The van der Waals surface area contributed by atoms with Gasteiger partial charge in [0.05, 0.1) is 17.3 Å². The number of hydrogen-bond donors (Lipinski definition) is 1. The summed E-state index contributed by atoms with van der Waals surface area (Å²) in [7, 11) is 2.12. The molecule has 1 atom stereocenters. The average molecular weight is 345 g/mol. The lowest BCUT2D eigenvalue weighted by molar-refractivity contribution is 0.0938. The molecule has 0 radical (unpaired) electrons. The first-order valence-corrected chi connectivity index (χ1v) is 9.09. The van der Waals surface area contributed by atoms with Crippen LogP contribution in [0, 0.1) is 6.92 Å². The molecule has 0 aromatic carbocycles. The summed E-state index contributed by atoms with van der Waals surface area (Å²) in [5, 5.41) is 7.07. The first kappa shape index (κ1) is 16.9. The van der Waals surface area contributed by atoms with E-state index in [-0.39, 0.29) is 11.9 Å². The number of aryl methyl sites for hydroxylation is 1. The second kappa shape index (κ2) is 7.27. The summed E-state index contributed by atoms with van der Waals surface area (Å²) >= 11 is 1.63. The van der Waals surface area contributed by atoms with Crippen LogP contribution in [0.3, 0.4) is 0 Å². The van der Waals surface area contributed by atoms with Crippen molar-refractivity contribution in [3.63, 3.8) is 0 Å². The van der Waals surface area contributed by atoms with Crippen molar-refractivity contribution in [3.8, 4) is 0 Å². The highest BCUT2D eigenvalue weighted by atomic mass is 32.1. The fraction of sp³-hybridized carbons (Fsp3) is 0.471. The number of thiophene rings is 1. The SMILES string of the molecule is Cc1nc(N2CCN(C)CC2)ncc1C(=O)NC(C)c1ccsc1. The van der Waals surface area contributed by atoms with Crippen LogP contribution in [-0.4, -0.2) is 54.0 Å². The summed E-state index contributed by atoms with van der Waals surface area (Å²) in [6.45, 7) is 7.68. The molecule has 3 rings (SSSR count). The van der Waals surface area contributed by atoms with E-state index in [1.807, 2.05) is 30.7 Å². The van der Waals surface area contributed by atoms with E-state index in [2.05, 4.69) is 32.1 Å². The van der Waals surface area contributed by atoms with Gasteiger partial charge in [0, 0.05) is 32.4 Å². The van der Waals surface area contributed by atoms with Crippen LogP contribution in [0.4, 0.5) is 5.95 Å². The Morgan fingerprint density at radius 3 is 2.71 bits per heavy atom. The van der Waals surface area contributed by atoms with Crippen LogP contribution in [0.25, 0.3) is 0 Å². The second-order valence-electron chi connectivity index (χ2n) is 6.21. The number of aromatic nitrogens is 2. The van der Waals surface area contributed by atoms with Crippen molar-refractivity contribution < 1.29 is 4.79 Å². The quantitative estimate of drug-likeness (QED) is 0.919. The maximum atomic E-state index is 12.5. The highest BCUT2D eigenvalue weighted by Crippen LogP contribution is 2.18. The zero-order valence-corrected chi connectivity index (χ0v) is 15.1. The van der Waals surface area contributed by atoms with Crippen molar-refractivity contribution in [2.45, 2.75) is 19.9 Å². The van der Waals surface area contributed by atoms with Gasteiger partial charge in [0.1, 0.15) is 0 Å². The Bertz CT molecular complexity index is 695. The number of likely N-dealkylation sites (N-methyl/N-ethyl adjacent to an activating group) is 1. The highest BCUT2D eigenvalue weighted by molar-refractivity contribution is 7.07. The van der Waals surface area contributed by atoms with Crippen LogP contribution < -0.4 is 10.2 Å². The normalized spacial score (nSPS) is 16.9. The standard InChI is InChI=1S/C17H23N5OS/c1-12(14-4-9-24-11-14)19-16(23)15-10-18-17(20-13(15)2)22-7-5-21(3)6-8-22/h4,9-12H,5-8H2,1-3H3,(H,19,23). The maximum absolute atomic E-state index is 12.5. The topological polar surface area (TPSA) is 61.4 Å². The Morgan fingerprint density at radius 1 is 1.33 bits per heavy atom. The summed E-state index contributed by atoms with van der Waals surface area (Å²) in [5.41, 5.74) is 2.37. The molecule has 2 aromatic rings. The largest absolute Gasteiger partial charge is 0.345 e. The summed E-state index contributed by atoms with van der Waals surface area (Å²) < 4.78 is 0. The van der Waals surface area contributed by atoms with Gasteiger partial charge in [0.25, 0.3) is 5.91 Å². The summed E-state index contributed by atoms with van der Waals surface area (Å²) in [4.78, 5) is 25.9. The van der Waals surface area contributed by atoms with Gasteiger partial charge in [0.15, 0.2) is 0 Å². The van der Waals surface area contributed by atoms with E-state index in [1.54, 1.807) is 17.5 Å². The third-order valence-corrected chi connectivity index (χ3v) is 5.09. The molecule has 7 heteroatoms. The smallest absolute Gasteiger partial charge is 0.255 e. The molecule has 1 fully saturated rings. The first-order valence-electron chi connectivity index (χ1n) is 8.14. The van der Waals surface area contributed by atoms with Gasteiger partial charge in [-0.05, 0) is 43.3 Å². The zero-order chi connectivity index (χ0) is 17.1. The molecule has 1 saturated heterocycles. The molecular formula is C17H23N5OS. The van der Waals surface area contributed by atoms with Crippen molar-refractivity contribution in [3.05, 3.63) is 39.8 Å². The van der Waals surface area contributed by atoms with Crippen molar-refractivity contribution in [1.82, 2.24) is 20.2 Å². The minimum atomic E-state index is -0.129. The highest BCUT2D eigenvalue weighted by Gasteiger charge is 2.19. The molecule has 0 bridgehead atoms. The lowest BCUT2D eigenvalue weighted by atomic mass is 10.1. The van der Waals surface area contributed by atoms with Crippen LogP contribution in [0.1, 0.15) is 34.6 Å². The molecule has 1 aliphatic rings. The van der Waals surface area contributed by atoms with Gasteiger partial charge in [-0.1, -0.05) is 0 Å². The summed E-state index contributed by atoms with van der Waals surface area (Å²) in [5.74, 6) is 0.583. The van der Waals surface area contributed by atoms with Crippen LogP contribution in [0.5, 0.6) is 0 Å². The minimum Gasteiger partial charge on any atom is -0.345 e. The van der Waals surface area contributed by atoms with E-state index < -0.39 is 0 Å². The number of anilines is 1. The first-order chi connectivity index (χ1) is 11.5. The number of nitrogens with one attached hydrogen (secondary N) is 1. The predicted octanol–water partition coefficient (Wildman–Crippen LogP) is 2.09. The molecule has 1 unspecified atom stereocenters. The summed E-state index contributed by atoms with van der Waals surface area (Å²) in [6.07, 6.45) is 1.64. The van der Waals surface area contributed by atoms with Gasteiger partial charge >= 0.3 is 0 Å². The Labute approximate surface area is 146 Å². The van der Waals surface area contributed by atoms with E-state index in [9.17, 15) is 4.79 Å². The van der Waals surface area contributed by atoms with E-state index in [4.69, 9.17) is 0 Å². The van der Waals surface area contributed by atoms with Crippen LogP contribution >= 0.6 is 11.3 Å². The average Bonchev–Trinajstić information content (AvgIpc) is 3.10. The monoisotopic (exact) mass is 345 g/mol. The van der Waals surface area contributed by atoms with Crippen molar-refractivity contribution in [1.29, 1.82) is 0 Å². The lowest BCUT2D eigenvalue weighted by Crippen LogP contribution is -2.45. The molecule has 128 valence electrons. The Kier molecular flexibility index (Phi) is 5.11.